The number of halogens is 3. The van der Waals surface area contributed by atoms with Crippen LogP contribution in [0.4, 0.5) is 5.69 Å². The number of hydrogen-bond donors (Lipinski definition) is 1. The van der Waals surface area contributed by atoms with Gasteiger partial charge in [0.2, 0.25) is 0 Å². The molecular weight excluding hydrogens is 428 g/mol. The number of rotatable bonds is 2. The summed E-state index contributed by atoms with van der Waals surface area (Å²) in [6, 6.07) is 8.93. The van der Waals surface area contributed by atoms with Crippen molar-refractivity contribution in [3.63, 3.8) is 0 Å². The van der Waals surface area contributed by atoms with Crippen molar-refractivity contribution >= 4 is 59.4 Å². The third kappa shape index (κ3) is 3.18. The summed E-state index contributed by atoms with van der Waals surface area (Å²) in [5.41, 5.74) is 1.25. The minimum atomic E-state index is -0.189. The molecule has 1 aromatic heterocycles. The van der Waals surface area contributed by atoms with Gasteiger partial charge in [-0.25, -0.2) is 4.98 Å². The van der Waals surface area contributed by atoms with Crippen molar-refractivity contribution in [1.29, 1.82) is 0 Å². The summed E-state index contributed by atoms with van der Waals surface area (Å²) in [6.07, 6.45) is 1.58. The molecule has 0 bridgehead atoms. The lowest BCUT2D eigenvalue weighted by Gasteiger charge is -2.09. The lowest BCUT2D eigenvalue weighted by molar-refractivity contribution is 0.102. The van der Waals surface area contributed by atoms with Crippen molar-refractivity contribution in [3.8, 4) is 0 Å². The van der Waals surface area contributed by atoms with E-state index in [0.717, 1.165) is 8.95 Å². The van der Waals surface area contributed by atoms with Crippen molar-refractivity contribution in [2.75, 3.05) is 5.32 Å². The van der Waals surface area contributed by atoms with Crippen molar-refractivity contribution in [2.24, 2.45) is 0 Å². The van der Waals surface area contributed by atoms with Crippen molar-refractivity contribution in [3.05, 3.63) is 55.6 Å². The monoisotopic (exact) mass is 432 g/mol. The average Bonchev–Trinajstić information content (AvgIpc) is 2.34. The summed E-state index contributed by atoms with van der Waals surface area (Å²) < 4.78 is 2.26. The highest BCUT2D eigenvalue weighted by atomic mass is 79.9. The van der Waals surface area contributed by atoms with E-state index in [-0.39, 0.29) is 5.91 Å². The second kappa shape index (κ2) is 5.95. The number of carbonyl (C=O) groups is 1. The Morgan fingerprint density at radius 2 is 1.78 bits per heavy atom. The van der Waals surface area contributed by atoms with Crippen LogP contribution in [0.3, 0.4) is 0 Å². The van der Waals surface area contributed by atoms with Gasteiger partial charge < -0.3 is 5.32 Å². The minimum Gasteiger partial charge on any atom is -0.320 e. The highest BCUT2D eigenvalue weighted by Crippen LogP contribution is 2.30. The molecule has 0 atom stereocenters. The zero-order valence-electron chi connectivity index (χ0n) is 8.95. The first-order chi connectivity index (χ1) is 8.58. The second-order valence-corrected chi connectivity index (χ2v) is 5.94. The van der Waals surface area contributed by atoms with Crippen LogP contribution < -0.4 is 5.32 Å². The molecular formula is C12H7Br3N2O. The molecule has 0 aliphatic carbocycles. The fourth-order valence-corrected chi connectivity index (χ4v) is 2.91. The van der Waals surface area contributed by atoms with Gasteiger partial charge in [-0.15, -0.1) is 0 Å². The van der Waals surface area contributed by atoms with E-state index in [1.807, 2.05) is 18.2 Å². The van der Waals surface area contributed by atoms with Gasteiger partial charge in [-0.2, -0.15) is 0 Å². The lowest BCUT2D eigenvalue weighted by Crippen LogP contribution is -2.12. The Morgan fingerprint density at radius 1 is 1.11 bits per heavy atom. The van der Waals surface area contributed by atoms with E-state index in [1.165, 1.54) is 0 Å². The summed E-state index contributed by atoms with van der Waals surface area (Å²) >= 11 is 10.0. The van der Waals surface area contributed by atoms with E-state index in [1.54, 1.807) is 18.3 Å². The van der Waals surface area contributed by atoms with Crippen LogP contribution in [0.15, 0.2) is 50.1 Å². The molecule has 0 saturated heterocycles. The van der Waals surface area contributed by atoms with Gasteiger partial charge in [-0.1, -0.05) is 6.07 Å². The highest BCUT2D eigenvalue weighted by Gasteiger charge is 2.11. The number of hydrogen-bond acceptors (Lipinski definition) is 2. The van der Waals surface area contributed by atoms with Crippen LogP contribution in [0, 0.1) is 0 Å². The fourth-order valence-electron chi connectivity index (χ4n) is 1.35. The normalized spacial score (nSPS) is 10.2. The number of benzene rings is 1. The minimum absolute atomic E-state index is 0.189. The zero-order chi connectivity index (χ0) is 13.1. The number of carbonyl (C=O) groups excluding carboxylic acids is 1. The maximum Gasteiger partial charge on any atom is 0.255 e. The van der Waals surface area contributed by atoms with Gasteiger partial charge in [0.1, 0.15) is 4.60 Å². The van der Waals surface area contributed by atoms with Crippen LogP contribution in [-0.4, -0.2) is 10.9 Å². The maximum absolute atomic E-state index is 12.1. The molecule has 1 aromatic carbocycles. The number of pyridine rings is 1. The van der Waals surface area contributed by atoms with Gasteiger partial charge in [0.25, 0.3) is 5.91 Å². The molecule has 18 heavy (non-hydrogen) atoms. The quantitative estimate of drug-likeness (QED) is 0.701. The van der Waals surface area contributed by atoms with E-state index < -0.39 is 0 Å². The Morgan fingerprint density at radius 3 is 2.39 bits per heavy atom. The summed E-state index contributed by atoms with van der Waals surface area (Å²) in [7, 11) is 0. The first kappa shape index (κ1) is 13.7. The molecule has 2 aromatic rings. The highest BCUT2D eigenvalue weighted by molar-refractivity contribution is 9.11. The molecule has 0 saturated carbocycles. The standard InChI is InChI=1S/C12H7Br3N2O/c13-8-2-1-3-9(14)11(8)17-12(18)7-4-5-16-10(15)6-7/h1-6H,(H,17,18). The van der Waals surface area contributed by atoms with Gasteiger partial charge in [0.15, 0.2) is 0 Å². The molecule has 6 heteroatoms. The topological polar surface area (TPSA) is 42.0 Å². The molecule has 0 unspecified atom stereocenters. The van der Waals surface area contributed by atoms with Crippen molar-refractivity contribution in [1.82, 2.24) is 4.98 Å². The fraction of sp³-hybridized carbons (Fsp3) is 0. The first-order valence-electron chi connectivity index (χ1n) is 4.95. The Bertz CT molecular complexity index is 581. The third-order valence-electron chi connectivity index (χ3n) is 2.19. The number of nitrogens with one attached hydrogen (secondary N) is 1. The largest absolute Gasteiger partial charge is 0.320 e. The molecule has 1 N–H and O–H groups in total. The number of para-hydroxylation sites is 1. The van der Waals surface area contributed by atoms with E-state index in [2.05, 4.69) is 58.1 Å². The first-order valence-corrected chi connectivity index (χ1v) is 7.33. The summed E-state index contributed by atoms with van der Waals surface area (Å²) in [4.78, 5) is 16.1. The van der Waals surface area contributed by atoms with E-state index in [9.17, 15) is 4.79 Å². The molecule has 1 heterocycles. The van der Waals surface area contributed by atoms with Crippen LogP contribution in [0.1, 0.15) is 10.4 Å². The van der Waals surface area contributed by atoms with Gasteiger partial charge >= 0.3 is 0 Å². The SMILES string of the molecule is O=C(Nc1c(Br)cccc1Br)c1ccnc(Br)c1. The molecule has 92 valence electrons. The molecule has 0 fully saturated rings. The smallest absolute Gasteiger partial charge is 0.255 e. The second-order valence-electron chi connectivity index (χ2n) is 3.42. The van der Waals surface area contributed by atoms with Crippen LogP contribution in [0.5, 0.6) is 0 Å². The van der Waals surface area contributed by atoms with E-state index >= 15 is 0 Å². The summed E-state index contributed by atoms with van der Waals surface area (Å²) in [5.74, 6) is -0.189. The Balaban J connectivity index is 2.27. The lowest BCUT2D eigenvalue weighted by atomic mass is 10.2. The predicted molar refractivity (Wildman–Crippen MR) is 81.7 cm³/mol. The molecule has 0 aliphatic heterocycles. The average molecular weight is 435 g/mol. The van der Waals surface area contributed by atoms with Crippen LogP contribution in [-0.2, 0) is 0 Å². The maximum atomic E-state index is 12.1. The third-order valence-corrected chi connectivity index (χ3v) is 3.95. The summed E-state index contributed by atoms with van der Waals surface area (Å²) in [5, 5.41) is 2.84. The van der Waals surface area contributed by atoms with Crippen LogP contribution >= 0.6 is 47.8 Å². The van der Waals surface area contributed by atoms with Gasteiger partial charge in [0.05, 0.1) is 5.69 Å². The molecule has 3 nitrogen and oxygen atoms in total. The van der Waals surface area contributed by atoms with Crippen LogP contribution in [0.2, 0.25) is 0 Å². The van der Waals surface area contributed by atoms with Crippen molar-refractivity contribution < 1.29 is 4.79 Å². The van der Waals surface area contributed by atoms with Gasteiger partial charge in [-0.3, -0.25) is 4.79 Å². The molecule has 0 radical (unpaired) electrons. The number of nitrogens with zero attached hydrogens (tertiary/aromatic N) is 1. The Kier molecular flexibility index (Phi) is 4.53. The molecule has 0 spiro atoms. The van der Waals surface area contributed by atoms with Crippen molar-refractivity contribution in [2.45, 2.75) is 0 Å². The molecule has 0 aliphatic rings. The number of amides is 1. The Hall–Kier alpha value is -0.720. The summed E-state index contributed by atoms with van der Waals surface area (Å²) in [6.45, 7) is 0. The number of anilines is 1. The molecule has 1 amide bonds. The van der Waals surface area contributed by atoms with Crippen LogP contribution in [0.25, 0.3) is 0 Å². The predicted octanol–water partition coefficient (Wildman–Crippen LogP) is 4.62. The van der Waals surface area contributed by atoms with E-state index in [4.69, 9.17) is 0 Å². The van der Waals surface area contributed by atoms with Gasteiger partial charge in [0, 0.05) is 20.7 Å². The zero-order valence-corrected chi connectivity index (χ0v) is 13.7. The molecule has 2 rings (SSSR count). The van der Waals surface area contributed by atoms with E-state index in [0.29, 0.717) is 15.9 Å². The Labute approximate surface area is 129 Å². The van der Waals surface area contributed by atoms with Gasteiger partial charge in [-0.05, 0) is 72.1 Å². The number of aromatic nitrogens is 1.